The van der Waals surface area contributed by atoms with Crippen LogP contribution < -0.4 is 0 Å². The fourth-order valence-electron chi connectivity index (χ4n) is 0.966. The van der Waals surface area contributed by atoms with E-state index in [0.717, 1.165) is 25.7 Å². The van der Waals surface area contributed by atoms with E-state index in [9.17, 15) is 4.79 Å². The molecule has 0 aromatic rings. The van der Waals surface area contributed by atoms with Crippen LogP contribution in [0.1, 0.15) is 39.0 Å². The number of thiol groups is 1. The van der Waals surface area contributed by atoms with Gasteiger partial charge in [-0.05, 0) is 19.3 Å². The summed E-state index contributed by atoms with van der Waals surface area (Å²) in [7, 11) is 0. The molecule has 0 aliphatic heterocycles. The molecule has 0 bridgehead atoms. The van der Waals surface area contributed by atoms with Crippen molar-refractivity contribution in [1.29, 1.82) is 0 Å². The minimum atomic E-state index is -0.706. The SMILES string of the molecule is CCCC(S)CCCC(=O)O. The average Bonchev–Trinajstić information content (AvgIpc) is 1.87. The van der Waals surface area contributed by atoms with E-state index >= 15 is 0 Å². The van der Waals surface area contributed by atoms with Crippen molar-refractivity contribution in [2.24, 2.45) is 0 Å². The van der Waals surface area contributed by atoms with Crippen LogP contribution in [0.3, 0.4) is 0 Å². The second-order valence-corrected chi connectivity index (χ2v) is 3.46. The van der Waals surface area contributed by atoms with Crippen molar-refractivity contribution in [2.45, 2.75) is 44.3 Å². The number of carboxylic acids is 1. The van der Waals surface area contributed by atoms with Crippen molar-refractivity contribution < 1.29 is 9.90 Å². The smallest absolute Gasteiger partial charge is 0.303 e. The Labute approximate surface area is 73.4 Å². The number of hydrogen-bond acceptors (Lipinski definition) is 2. The van der Waals surface area contributed by atoms with Gasteiger partial charge in [-0.1, -0.05) is 13.3 Å². The zero-order chi connectivity index (χ0) is 8.69. The molecule has 1 atom stereocenters. The molecule has 0 saturated carbocycles. The van der Waals surface area contributed by atoms with Gasteiger partial charge in [0.15, 0.2) is 0 Å². The van der Waals surface area contributed by atoms with E-state index in [1.165, 1.54) is 0 Å². The van der Waals surface area contributed by atoms with Crippen LogP contribution in [0, 0.1) is 0 Å². The summed E-state index contributed by atoms with van der Waals surface area (Å²) >= 11 is 4.32. The predicted molar refractivity (Wildman–Crippen MR) is 49.2 cm³/mol. The van der Waals surface area contributed by atoms with Crippen molar-refractivity contribution in [1.82, 2.24) is 0 Å². The monoisotopic (exact) mass is 176 g/mol. The first-order valence-corrected chi connectivity index (χ1v) is 4.58. The summed E-state index contributed by atoms with van der Waals surface area (Å²) in [6.45, 7) is 2.11. The van der Waals surface area contributed by atoms with E-state index < -0.39 is 5.97 Å². The van der Waals surface area contributed by atoms with Gasteiger partial charge < -0.3 is 5.11 Å². The molecule has 0 fully saturated rings. The molecule has 0 aromatic carbocycles. The van der Waals surface area contributed by atoms with Gasteiger partial charge in [-0.25, -0.2) is 0 Å². The summed E-state index contributed by atoms with van der Waals surface area (Å²) < 4.78 is 0. The molecule has 66 valence electrons. The lowest BCUT2D eigenvalue weighted by atomic mass is 10.1. The second-order valence-electron chi connectivity index (χ2n) is 2.73. The fourth-order valence-corrected chi connectivity index (χ4v) is 1.41. The molecule has 0 aromatic heterocycles. The molecular formula is C8H16O2S. The van der Waals surface area contributed by atoms with Crippen LogP contribution in [0.5, 0.6) is 0 Å². The molecule has 0 rings (SSSR count). The first kappa shape index (κ1) is 10.8. The van der Waals surface area contributed by atoms with Gasteiger partial charge in [0.05, 0.1) is 0 Å². The van der Waals surface area contributed by atoms with E-state index in [1.54, 1.807) is 0 Å². The van der Waals surface area contributed by atoms with Crippen LogP contribution >= 0.6 is 12.6 Å². The van der Waals surface area contributed by atoms with Crippen LogP contribution in [0.15, 0.2) is 0 Å². The van der Waals surface area contributed by atoms with E-state index in [-0.39, 0.29) is 6.42 Å². The third-order valence-corrected chi connectivity index (χ3v) is 2.07. The number of carboxylic acid groups (broad SMARTS) is 1. The van der Waals surface area contributed by atoms with E-state index in [0.29, 0.717) is 5.25 Å². The Kier molecular flexibility index (Phi) is 6.42. The summed E-state index contributed by atoms with van der Waals surface area (Å²) in [5.74, 6) is -0.706. The molecule has 0 aliphatic carbocycles. The van der Waals surface area contributed by atoms with Crippen LogP contribution in [-0.2, 0) is 4.79 Å². The van der Waals surface area contributed by atoms with Gasteiger partial charge in [0, 0.05) is 11.7 Å². The van der Waals surface area contributed by atoms with Crippen molar-refractivity contribution in [3.05, 3.63) is 0 Å². The maximum absolute atomic E-state index is 10.1. The van der Waals surface area contributed by atoms with Gasteiger partial charge in [-0.15, -0.1) is 0 Å². The Hall–Kier alpha value is -0.180. The predicted octanol–water partition coefficient (Wildman–Crippen LogP) is 2.34. The number of hydrogen-bond donors (Lipinski definition) is 2. The maximum atomic E-state index is 10.1. The second kappa shape index (κ2) is 6.53. The van der Waals surface area contributed by atoms with Crippen LogP contribution in [0.25, 0.3) is 0 Å². The molecular weight excluding hydrogens is 160 g/mol. The molecule has 3 heteroatoms. The van der Waals surface area contributed by atoms with Gasteiger partial charge >= 0.3 is 5.97 Å². The zero-order valence-electron chi connectivity index (χ0n) is 6.92. The Balaban J connectivity index is 3.16. The van der Waals surface area contributed by atoms with Crippen molar-refractivity contribution >= 4 is 18.6 Å². The quantitative estimate of drug-likeness (QED) is 0.609. The molecule has 0 heterocycles. The lowest BCUT2D eigenvalue weighted by molar-refractivity contribution is -0.137. The normalized spacial score (nSPS) is 12.9. The molecule has 1 N–H and O–H groups in total. The zero-order valence-corrected chi connectivity index (χ0v) is 7.81. The average molecular weight is 176 g/mol. The standard InChI is InChI=1S/C8H16O2S/c1-2-4-7(11)5-3-6-8(9)10/h7,11H,2-6H2,1H3,(H,9,10). The maximum Gasteiger partial charge on any atom is 0.303 e. The Morgan fingerprint density at radius 3 is 2.64 bits per heavy atom. The highest BCUT2D eigenvalue weighted by molar-refractivity contribution is 7.80. The van der Waals surface area contributed by atoms with E-state index in [2.05, 4.69) is 19.6 Å². The van der Waals surface area contributed by atoms with Gasteiger partial charge in [0.25, 0.3) is 0 Å². The Bertz CT molecular complexity index is 115. The van der Waals surface area contributed by atoms with Crippen molar-refractivity contribution in [3.63, 3.8) is 0 Å². The molecule has 11 heavy (non-hydrogen) atoms. The Morgan fingerprint density at radius 1 is 1.55 bits per heavy atom. The number of aliphatic carboxylic acids is 1. The molecule has 0 radical (unpaired) electrons. The van der Waals surface area contributed by atoms with Gasteiger partial charge in [-0.3, -0.25) is 4.79 Å². The lowest BCUT2D eigenvalue weighted by Gasteiger charge is -2.06. The summed E-state index contributed by atoms with van der Waals surface area (Å²) in [5, 5.41) is 8.72. The third-order valence-electron chi connectivity index (χ3n) is 1.55. The highest BCUT2D eigenvalue weighted by Crippen LogP contribution is 2.12. The highest BCUT2D eigenvalue weighted by atomic mass is 32.1. The van der Waals surface area contributed by atoms with Crippen LogP contribution in [0.2, 0.25) is 0 Å². The molecule has 0 spiro atoms. The largest absolute Gasteiger partial charge is 0.481 e. The molecule has 0 saturated heterocycles. The van der Waals surface area contributed by atoms with Crippen LogP contribution in [-0.4, -0.2) is 16.3 Å². The van der Waals surface area contributed by atoms with Crippen molar-refractivity contribution in [2.75, 3.05) is 0 Å². The molecule has 1 unspecified atom stereocenters. The topological polar surface area (TPSA) is 37.3 Å². The summed E-state index contributed by atoms with van der Waals surface area (Å²) in [4.78, 5) is 10.1. The number of carbonyl (C=O) groups is 1. The summed E-state index contributed by atoms with van der Waals surface area (Å²) in [5.41, 5.74) is 0. The van der Waals surface area contributed by atoms with Crippen molar-refractivity contribution in [3.8, 4) is 0 Å². The minimum absolute atomic E-state index is 0.279. The lowest BCUT2D eigenvalue weighted by Crippen LogP contribution is -2.00. The molecule has 0 aliphatic rings. The van der Waals surface area contributed by atoms with E-state index in [4.69, 9.17) is 5.11 Å². The molecule has 2 nitrogen and oxygen atoms in total. The van der Waals surface area contributed by atoms with Gasteiger partial charge in [0.1, 0.15) is 0 Å². The van der Waals surface area contributed by atoms with Gasteiger partial charge in [-0.2, -0.15) is 12.6 Å². The number of rotatable bonds is 6. The Morgan fingerprint density at radius 2 is 2.18 bits per heavy atom. The van der Waals surface area contributed by atoms with Gasteiger partial charge in [0.2, 0.25) is 0 Å². The fraction of sp³-hybridized carbons (Fsp3) is 0.875. The summed E-state index contributed by atoms with van der Waals surface area (Å²) in [6.07, 6.45) is 4.16. The first-order valence-electron chi connectivity index (χ1n) is 4.06. The van der Waals surface area contributed by atoms with Crippen LogP contribution in [0.4, 0.5) is 0 Å². The highest BCUT2D eigenvalue weighted by Gasteiger charge is 2.02. The molecule has 0 amide bonds. The minimum Gasteiger partial charge on any atom is -0.481 e. The third kappa shape index (κ3) is 7.72. The van der Waals surface area contributed by atoms with E-state index in [1.807, 2.05) is 0 Å². The first-order chi connectivity index (χ1) is 5.16. The summed E-state index contributed by atoms with van der Waals surface area (Å²) in [6, 6.07) is 0.